The molecule has 108 valence electrons. The van der Waals surface area contributed by atoms with Gasteiger partial charge in [0.25, 0.3) is 5.91 Å². The Hall–Kier alpha value is -1.59. The molecule has 1 aliphatic heterocycles. The first-order valence-electron chi connectivity index (χ1n) is 6.51. The Kier molecular flexibility index (Phi) is 4.62. The topological polar surface area (TPSA) is 60.9 Å². The number of halogens is 1. The van der Waals surface area contributed by atoms with Crippen LogP contribution in [-0.4, -0.2) is 59.0 Å². The van der Waals surface area contributed by atoms with Crippen LogP contribution in [0.5, 0.6) is 0 Å². The highest BCUT2D eigenvalue weighted by Crippen LogP contribution is 2.18. The lowest BCUT2D eigenvalue weighted by molar-refractivity contribution is -0.143. The van der Waals surface area contributed by atoms with Crippen molar-refractivity contribution in [2.75, 3.05) is 26.2 Å². The van der Waals surface area contributed by atoms with Gasteiger partial charge in [-0.2, -0.15) is 0 Å². The number of carbonyl (C=O) groups excluding carboxylic acids is 1. The summed E-state index contributed by atoms with van der Waals surface area (Å²) < 4.78 is 0. The fraction of sp³-hybridized carbons (Fsp3) is 0.429. The van der Waals surface area contributed by atoms with Gasteiger partial charge in [-0.15, -0.1) is 0 Å². The third kappa shape index (κ3) is 3.11. The molecule has 1 heterocycles. The average molecular weight is 297 g/mol. The number of carboxylic acid groups (broad SMARTS) is 1. The molecule has 0 bridgehead atoms. The Bertz CT molecular complexity index is 513. The predicted molar refractivity (Wildman–Crippen MR) is 76.0 cm³/mol. The zero-order valence-electron chi connectivity index (χ0n) is 11.3. The number of hydrogen-bond acceptors (Lipinski definition) is 3. The number of hydrogen-bond donors (Lipinski definition) is 1. The summed E-state index contributed by atoms with van der Waals surface area (Å²) in [6.45, 7) is 3.81. The van der Waals surface area contributed by atoms with Gasteiger partial charge in [0.15, 0.2) is 0 Å². The van der Waals surface area contributed by atoms with E-state index in [1.165, 1.54) is 0 Å². The maximum Gasteiger partial charge on any atom is 0.320 e. The Morgan fingerprint density at radius 2 is 1.80 bits per heavy atom. The van der Waals surface area contributed by atoms with Crippen LogP contribution in [0.3, 0.4) is 0 Å². The van der Waals surface area contributed by atoms with Crippen molar-refractivity contribution in [3.8, 4) is 0 Å². The number of aliphatic carboxylic acids is 1. The van der Waals surface area contributed by atoms with Crippen molar-refractivity contribution in [2.45, 2.75) is 13.0 Å². The van der Waals surface area contributed by atoms with Crippen molar-refractivity contribution < 1.29 is 14.7 Å². The standard InChI is InChI=1S/C14H17ClN2O3/c1-10(14(19)20)16-6-8-17(9-7-16)13(18)11-4-2-3-5-12(11)15/h2-5,10H,6-9H2,1H3,(H,19,20). The summed E-state index contributed by atoms with van der Waals surface area (Å²) in [5.41, 5.74) is 0.494. The Labute approximate surface area is 122 Å². The van der Waals surface area contributed by atoms with E-state index in [0.717, 1.165) is 0 Å². The van der Waals surface area contributed by atoms with Crippen LogP contribution in [-0.2, 0) is 4.79 Å². The fourth-order valence-corrected chi connectivity index (χ4v) is 2.49. The summed E-state index contributed by atoms with van der Waals surface area (Å²) in [4.78, 5) is 26.9. The van der Waals surface area contributed by atoms with Gasteiger partial charge in [0.1, 0.15) is 6.04 Å². The predicted octanol–water partition coefficient (Wildman–Crippen LogP) is 1.57. The van der Waals surface area contributed by atoms with Crippen LogP contribution in [0.4, 0.5) is 0 Å². The number of carboxylic acids is 1. The first kappa shape index (κ1) is 14.8. The smallest absolute Gasteiger partial charge is 0.320 e. The van der Waals surface area contributed by atoms with Gasteiger partial charge in [-0.3, -0.25) is 14.5 Å². The maximum absolute atomic E-state index is 12.3. The molecule has 1 unspecified atom stereocenters. The molecule has 0 aromatic heterocycles. The van der Waals surface area contributed by atoms with E-state index in [1.807, 2.05) is 4.90 Å². The van der Waals surface area contributed by atoms with Crippen molar-refractivity contribution in [1.82, 2.24) is 9.80 Å². The molecule has 5 nitrogen and oxygen atoms in total. The summed E-state index contributed by atoms with van der Waals surface area (Å²) in [6.07, 6.45) is 0. The first-order valence-corrected chi connectivity index (χ1v) is 6.89. The van der Waals surface area contributed by atoms with Crippen LogP contribution in [0.25, 0.3) is 0 Å². The molecule has 1 aliphatic rings. The quantitative estimate of drug-likeness (QED) is 0.920. The highest BCUT2D eigenvalue weighted by molar-refractivity contribution is 6.33. The van der Waals surface area contributed by atoms with Crippen molar-refractivity contribution >= 4 is 23.5 Å². The normalized spacial score (nSPS) is 17.8. The summed E-state index contributed by atoms with van der Waals surface area (Å²) in [6, 6.07) is 6.44. The second kappa shape index (κ2) is 6.24. The first-order chi connectivity index (χ1) is 9.50. The molecule has 1 fully saturated rings. The molecular formula is C14H17ClN2O3. The fourth-order valence-electron chi connectivity index (χ4n) is 2.27. The highest BCUT2D eigenvalue weighted by Gasteiger charge is 2.28. The van der Waals surface area contributed by atoms with E-state index in [1.54, 1.807) is 36.1 Å². The Morgan fingerprint density at radius 1 is 1.20 bits per heavy atom. The molecule has 0 saturated carbocycles. The van der Waals surface area contributed by atoms with Gasteiger partial charge in [-0.25, -0.2) is 0 Å². The van der Waals surface area contributed by atoms with Crippen LogP contribution in [0.1, 0.15) is 17.3 Å². The van der Waals surface area contributed by atoms with Crippen LogP contribution in [0, 0.1) is 0 Å². The number of piperazine rings is 1. The lowest BCUT2D eigenvalue weighted by atomic mass is 10.1. The minimum Gasteiger partial charge on any atom is -0.480 e. The van der Waals surface area contributed by atoms with Crippen molar-refractivity contribution in [3.63, 3.8) is 0 Å². The monoisotopic (exact) mass is 296 g/mol. The molecule has 1 aromatic rings. The van der Waals surface area contributed by atoms with E-state index in [9.17, 15) is 9.59 Å². The van der Waals surface area contributed by atoms with Gasteiger partial charge in [0.2, 0.25) is 0 Å². The second-order valence-corrected chi connectivity index (χ2v) is 5.23. The van der Waals surface area contributed by atoms with Crippen LogP contribution >= 0.6 is 11.6 Å². The van der Waals surface area contributed by atoms with Gasteiger partial charge in [0, 0.05) is 26.2 Å². The van der Waals surface area contributed by atoms with E-state index in [4.69, 9.17) is 16.7 Å². The van der Waals surface area contributed by atoms with Crippen molar-refractivity contribution in [3.05, 3.63) is 34.9 Å². The number of amides is 1. The van der Waals surface area contributed by atoms with Gasteiger partial charge in [-0.05, 0) is 19.1 Å². The van der Waals surface area contributed by atoms with E-state index in [0.29, 0.717) is 36.8 Å². The SMILES string of the molecule is CC(C(=O)O)N1CCN(C(=O)c2ccccc2Cl)CC1. The molecule has 0 aliphatic carbocycles. The lowest BCUT2D eigenvalue weighted by Gasteiger charge is -2.36. The van der Waals surface area contributed by atoms with E-state index >= 15 is 0 Å². The zero-order valence-corrected chi connectivity index (χ0v) is 12.0. The Morgan fingerprint density at radius 3 is 2.35 bits per heavy atom. The summed E-state index contributed by atoms with van der Waals surface area (Å²) in [5.74, 6) is -0.936. The second-order valence-electron chi connectivity index (χ2n) is 4.82. The molecule has 1 saturated heterocycles. The number of carbonyl (C=O) groups is 2. The van der Waals surface area contributed by atoms with Crippen LogP contribution in [0.15, 0.2) is 24.3 Å². The molecule has 20 heavy (non-hydrogen) atoms. The van der Waals surface area contributed by atoms with E-state index in [-0.39, 0.29) is 5.91 Å². The van der Waals surface area contributed by atoms with E-state index in [2.05, 4.69) is 0 Å². The molecule has 1 N–H and O–H groups in total. The number of benzene rings is 1. The molecule has 2 rings (SSSR count). The van der Waals surface area contributed by atoms with Crippen LogP contribution < -0.4 is 0 Å². The van der Waals surface area contributed by atoms with E-state index < -0.39 is 12.0 Å². The lowest BCUT2D eigenvalue weighted by Crippen LogP contribution is -2.53. The molecule has 1 atom stereocenters. The summed E-state index contributed by atoms with van der Waals surface area (Å²) >= 11 is 6.02. The van der Waals surface area contributed by atoms with Gasteiger partial charge < -0.3 is 10.0 Å². The average Bonchev–Trinajstić information content (AvgIpc) is 2.46. The minimum absolute atomic E-state index is 0.0989. The van der Waals surface area contributed by atoms with Crippen molar-refractivity contribution in [1.29, 1.82) is 0 Å². The molecule has 1 amide bonds. The third-order valence-electron chi connectivity index (χ3n) is 3.61. The van der Waals surface area contributed by atoms with Gasteiger partial charge >= 0.3 is 5.97 Å². The number of rotatable bonds is 3. The molecular weight excluding hydrogens is 280 g/mol. The molecule has 1 aromatic carbocycles. The number of nitrogens with zero attached hydrogens (tertiary/aromatic N) is 2. The summed E-state index contributed by atoms with van der Waals surface area (Å²) in [5, 5.41) is 9.43. The molecule has 0 spiro atoms. The largest absolute Gasteiger partial charge is 0.480 e. The maximum atomic E-state index is 12.3. The zero-order chi connectivity index (χ0) is 14.7. The minimum atomic E-state index is -0.837. The van der Waals surface area contributed by atoms with Crippen molar-refractivity contribution in [2.24, 2.45) is 0 Å². The molecule has 0 radical (unpaired) electrons. The Balaban J connectivity index is 1.99. The summed E-state index contributed by atoms with van der Waals surface area (Å²) in [7, 11) is 0. The molecule has 6 heteroatoms. The third-order valence-corrected chi connectivity index (χ3v) is 3.94. The van der Waals surface area contributed by atoms with Gasteiger partial charge in [-0.1, -0.05) is 23.7 Å². The highest BCUT2D eigenvalue weighted by atomic mass is 35.5. The van der Waals surface area contributed by atoms with Crippen LogP contribution in [0.2, 0.25) is 5.02 Å². The van der Waals surface area contributed by atoms with Gasteiger partial charge in [0.05, 0.1) is 10.6 Å².